The SMILES string of the molecule is COc1ccc(OC(C)C(=O)N(C)Cc2ccccc2F)cc1. The average Bonchev–Trinajstić information content (AvgIpc) is 2.56. The lowest BCUT2D eigenvalue weighted by Gasteiger charge is -2.22. The summed E-state index contributed by atoms with van der Waals surface area (Å²) in [6, 6.07) is 13.4. The fourth-order valence-electron chi connectivity index (χ4n) is 2.18. The molecule has 0 saturated carbocycles. The van der Waals surface area contributed by atoms with Crippen LogP contribution in [-0.2, 0) is 11.3 Å². The molecule has 0 radical (unpaired) electrons. The highest BCUT2D eigenvalue weighted by molar-refractivity contribution is 5.80. The molecule has 23 heavy (non-hydrogen) atoms. The first-order chi connectivity index (χ1) is 11.0. The molecule has 2 aromatic rings. The second kappa shape index (κ2) is 7.63. The Morgan fingerprint density at radius 1 is 1.13 bits per heavy atom. The van der Waals surface area contributed by atoms with E-state index in [1.54, 1.807) is 63.5 Å². The number of hydrogen-bond acceptors (Lipinski definition) is 3. The number of likely N-dealkylation sites (N-methyl/N-ethyl adjacent to an activating group) is 1. The zero-order chi connectivity index (χ0) is 16.8. The molecule has 1 unspecified atom stereocenters. The van der Waals surface area contributed by atoms with E-state index in [2.05, 4.69) is 0 Å². The van der Waals surface area contributed by atoms with Crippen molar-refractivity contribution in [2.75, 3.05) is 14.2 Å². The molecule has 0 aliphatic carbocycles. The Labute approximate surface area is 135 Å². The number of nitrogens with zero attached hydrogens (tertiary/aromatic N) is 1. The third-order valence-electron chi connectivity index (χ3n) is 3.46. The minimum Gasteiger partial charge on any atom is -0.497 e. The van der Waals surface area contributed by atoms with Gasteiger partial charge in [-0.05, 0) is 37.3 Å². The van der Waals surface area contributed by atoms with Crippen LogP contribution in [-0.4, -0.2) is 31.1 Å². The summed E-state index contributed by atoms with van der Waals surface area (Å²) in [6.07, 6.45) is -0.667. The Balaban J connectivity index is 1.96. The standard InChI is InChI=1S/C18H20FNO3/c1-13(23-16-10-8-15(22-3)9-11-16)18(21)20(2)12-14-6-4-5-7-17(14)19/h4-11,13H,12H2,1-3H3. The van der Waals surface area contributed by atoms with Crippen molar-refractivity contribution in [3.63, 3.8) is 0 Å². The van der Waals surface area contributed by atoms with Gasteiger partial charge in [-0.15, -0.1) is 0 Å². The second-order valence-corrected chi connectivity index (χ2v) is 5.22. The maximum atomic E-state index is 13.7. The molecule has 2 aromatic carbocycles. The molecule has 0 heterocycles. The zero-order valence-electron chi connectivity index (χ0n) is 13.5. The van der Waals surface area contributed by atoms with Crippen LogP contribution in [0.3, 0.4) is 0 Å². The van der Waals surface area contributed by atoms with E-state index < -0.39 is 6.10 Å². The van der Waals surface area contributed by atoms with Gasteiger partial charge in [-0.25, -0.2) is 4.39 Å². The Kier molecular flexibility index (Phi) is 5.57. The van der Waals surface area contributed by atoms with Gasteiger partial charge in [0.05, 0.1) is 7.11 Å². The fourth-order valence-corrected chi connectivity index (χ4v) is 2.18. The number of benzene rings is 2. The summed E-state index contributed by atoms with van der Waals surface area (Å²) in [5, 5.41) is 0. The third-order valence-corrected chi connectivity index (χ3v) is 3.46. The molecule has 0 aliphatic heterocycles. The molecule has 2 rings (SSSR count). The molecular weight excluding hydrogens is 297 g/mol. The first kappa shape index (κ1) is 16.8. The molecule has 0 saturated heterocycles. The molecule has 122 valence electrons. The van der Waals surface area contributed by atoms with Crippen LogP contribution in [0.15, 0.2) is 48.5 Å². The van der Waals surface area contributed by atoms with E-state index in [0.29, 0.717) is 17.1 Å². The summed E-state index contributed by atoms with van der Waals surface area (Å²) >= 11 is 0. The van der Waals surface area contributed by atoms with Crippen molar-refractivity contribution in [1.82, 2.24) is 4.90 Å². The van der Waals surface area contributed by atoms with Crippen LogP contribution >= 0.6 is 0 Å². The molecule has 0 bridgehead atoms. The molecule has 0 fully saturated rings. The van der Waals surface area contributed by atoms with Crippen LogP contribution in [0, 0.1) is 5.82 Å². The lowest BCUT2D eigenvalue weighted by Crippen LogP contribution is -2.37. The Hall–Kier alpha value is -2.56. The molecule has 0 spiro atoms. The van der Waals surface area contributed by atoms with Crippen molar-refractivity contribution in [2.45, 2.75) is 19.6 Å². The highest BCUT2D eigenvalue weighted by Gasteiger charge is 2.20. The summed E-state index contributed by atoms with van der Waals surface area (Å²) in [5.74, 6) is 0.749. The third kappa shape index (κ3) is 4.45. The van der Waals surface area contributed by atoms with Crippen molar-refractivity contribution >= 4 is 5.91 Å². The van der Waals surface area contributed by atoms with Gasteiger partial charge >= 0.3 is 0 Å². The predicted octanol–water partition coefficient (Wildman–Crippen LogP) is 3.26. The molecule has 0 N–H and O–H groups in total. The van der Waals surface area contributed by atoms with Gasteiger partial charge in [0.1, 0.15) is 17.3 Å². The minimum atomic E-state index is -0.667. The van der Waals surface area contributed by atoms with Gasteiger partial charge in [0, 0.05) is 19.2 Å². The Morgan fingerprint density at radius 2 is 1.74 bits per heavy atom. The molecule has 5 heteroatoms. The van der Waals surface area contributed by atoms with E-state index in [-0.39, 0.29) is 18.3 Å². The summed E-state index contributed by atoms with van der Waals surface area (Å²) in [7, 11) is 3.21. The lowest BCUT2D eigenvalue weighted by atomic mass is 10.2. The van der Waals surface area contributed by atoms with Crippen LogP contribution in [0.2, 0.25) is 0 Å². The molecule has 1 atom stereocenters. The zero-order valence-corrected chi connectivity index (χ0v) is 13.5. The monoisotopic (exact) mass is 317 g/mol. The second-order valence-electron chi connectivity index (χ2n) is 5.22. The highest BCUT2D eigenvalue weighted by Crippen LogP contribution is 2.19. The van der Waals surface area contributed by atoms with E-state index in [1.165, 1.54) is 11.0 Å². The minimum absolute atomic E-state index is 0.196. The van der Waals surface area contributed by atoms with Crippen LogP contribution in [0.1, 0.15) is 12.5 Å². The van der Waals surface area contributed by atoms with E-state index in [1.807, 2.05) is 0 Å². The number of carbonyl (C=O) groups excluding carboxylic acids is 1. The van der Waals surface area contributed by atoms with Crippen molar-refractivity contribution in [3.8, 4) is 11.5 Å². The summed E-state index contributed by atoms with van der Waals surface area (Å²) in [5.41, 5.74) is 0.472. The normalized spacial score (nSPS) is 11.7. The van der Waals surface area contributed by atoms with E-state index >= 15 is 0 Å². The van der Waals surface area contributed by atoms with Gasteiger partial charge in [0.25, 0.3) is 5.91 Å². The average molecular weight is 317 g/mol. The van der Waals surface area contributed by atoms with Crippen LogP contribution in [0.5, 0.6) is 11.5 Å². The van der Waals surface area contributed by atoms with E-state index in [4.69, 9.17) is 9.47 Å². The van der Waals surface area contributed by atoms with Crippen molar-refractivity contribution in [1.29, 1.82) is 0 Å². The van der Waals surface area contributed by atoms with Gasteiger partial charge in [-0.1, -0.05) is 18.2 Å². The number of amides is 1. The molecule has 1 amide bonds. The van der Waals surface area contributed by atoms with Gasteiger partial charge in [0.15, 0.2) is 6.10 Å². The van der Waals surface area contributed by atoms with Crippen molar-refractivity contribution < 1.29 is 18.7 Å². The van der Waals surface area contributed by atoms with Crippen molar-refractivity contribution in [2.24, 2.45) is 0 Å². The smallest absolute Gasteiger partial charge is 0.263 e. The van der Waals surface area contributed by atoms with Crippen LogP contribution in [0.25, 0.3) is 0 Å². The van der Waals surface area contributed by atoms with Gasteiger partial charge in [-0.2, -0.15) is 0 Å². The predicted molar refractivity (Wildman–Crippen MR) is 86.0 cm³/mol. The number of ether oxygens (including phenoxy) is 2. The van der Waals surface area contributed by atoms with Crippen LogP contribution < -0.4 is 9.47 Å². The number of methoxy groups -OCH3 is 1. The summed E-state index contributed by atoms with van der Waals surface area (Å²) in [4.78, 5) is 13.8. The van der Waals surface area contributed by atoms with Gasteiger partial charge in [-0.3, -0.25) is 4.79 Å². The largest absolute Gasteiger partial charge is 0.497 e. The summed E-state index contributed by atoms with van der Waals surface area (Å²) in [6.45, 7) is 1.87. The maximum Gasteiger partial charge on any atom is 0.263 e. The van der Waals surface area contributed by atoms with Gasteiger partial charge < -0.3 is 14.4 Å². The first-order valence-electron chi connectivity index (χ1n) is 7.30. The first-order valence-corrected chi connectivity index (χ1v) is 7.30. The molecule has 0 aromatic heterocycles. The molecular formula is C18H20FNO3. The summed E-state index contributed by atoms with van der Waals surface area (Å²) < 4.78 is 24.3. The Bertz CT molecular complexity index is 658. The number of hydrogen-bond donors (Lipinski definition) is 0. The number of halogens is 1. The number of rotatable bonds is 6. The van der Waals surface area contributed by atoms with Gasteiger partial charge in [0.2, 0.25) is 0 Å². The lowest BCUT2D eigenvalue weighted by molar-refractivity contribution is -0.137. The molecule has 4 nitrogen and oxygen atoms in total. The van der Waals surface area contributed by atoms with E-state index in [9.17, 15) is 9.18 Å². The maximum absolute atomic E-state index is 13.7. The van der Waals surface area contributed by atoms with Crippen molar-refractivity contribution in [3.05, 3.63) is 59.9 Å². The van der Waals surface area contributed by atoms with E-state index in [0.717, 1.165) is 0 Å². The molecule has 0 aliphatic rings. The topological polar surface area (TPSA) is 38.8 Å². The number of carbonyl (C=O) groups is 1. The Morgan fingerprint density at radius 3 is 2.35 bits per heavy atom. The van der Waals surface area contributed by atoms with Crippen LogP contribution in [0.4, 0.5) is 4.39 Å². The quantitative estimate of drug-likeness (QED) is 0.821. The fraction of sp³-hybridized carbons (Fsp3) is 0.278. The highest BCUT2D eigenvalue weighted by atomic mass is 19.1.